The zero-order chi connectivity index (χ0) is 12.5. The Morgan fingerprint density at radius 1 is 1.12 bits per heavy atom. The summed E-state index contributed by atoms with van der Waals surface area (Å²) in [6.45, 7) is 11.9. The molecule has 1 rings (SSSR count). The topological polar surface area (TPSA) is 28.4 Å². The van der Waals surface area contributed by atoms with E-state index in [0.29, 0.717) is 0 Å². The molecule has 3 heteroatoms. The molecule has 0 bridgehead atoms. The first-order chi connectivity index (χ1) is 8.30. The van der Waals surface area contributed by atoms with Crippen LogP contribution in [0.2, 0.25) is 0 Å². The predicted molar refractivity (Wildman–Crippen MR) is 72.2 cm³/mol. The zero-order valence-electron chi connectivity index (χ0n) is 11.5. The Morgan fingerprint density at radius 2 is 1.88 bits per heavy atom. The second-order valence-electron chi connectivity index (χ2n) is 4.33. The van der Waals surface area contributed by atoms with Gasteiger partial charge in [-0.15, -0.1) is 0 Å². The third kappa shape index (κ3) is 5.37. The number of furan rings is 1. The monoisotopic (exact) mass is 238 g/mol. The molecule has 0 radical (unpaired) electrons. The highest BCUT2D eigenvalue weighted by atomic mass is 16.3. The number of nitrogens with one attached hydrogen (secondary N) is 1. The van der Waals surface area contributed by atoms with E-state index in [9.17, 15) is 0 Å². The minimum Gasteiger partial charge on any atom is -0.465 e. The number of aryl methyl sites for hydroxylation is 1. The SMILES string of the molecule is CCCN(CC)CCNCc1ccc(CC)o1. The van der Waals surface area contributed by atoms with Crippen LogP contribution in [-0.4, -0.2) is 31.1 Å². The van der Waals surface area contributed by atoms with Crippen molar-refractivity contribution in [2.75, 3.05) is 26.2 Å². The average molecular weight is 238 g/mol. The van der Waals surface area contributed by atoms with Crippen LogP contribution < -0.4 is 5.32 Å². The highest BCUT2D eigenvalue weighted by Gasteiger charge is 2.02. The Hall–Kier alpha value is -0.800. The Kier molecular flexibility index (Phi) is 6.97. The van der Waals surface area contributed by atoms with Crippen LogP contribution in [0.15, 0.2) is 16.5 Å². The molecular weight excluding hydrogens is 212 g/mol. The molecule has 1 aromatic rings. The fraction of sp³-hybridized carbons (Fsp3) is 0.714. The lowest BCUT2D eigenvalue weighted by atomic mass is 10.3. The number of hydrogen-bond donors (Lipinski definition) is 1. The van der Waals surface area contributed by atoms with E-state index in [1.165, 1.54) is 13.0 Å². The Labute approximate surface area is 105 Å². The summed E-state index contributed by atoms with van der Waals surface area (Å²) in [4.78, 5) is 2.46. The third-order valence-electron chi connectivity index (χ3n) is 2.96. The Balaban J connectivity index is 2.14. The number of hydrogen-bond acceptors (Lipinski definition) is 3. The molecule has 0 saturated carbocycles. The van der Waals surface area contributed by atoms with Gasteiger partial charge in [0, 0.05) is 19.5 Å². The van der Waals surface area contributed by atoms with Crippen LogP contribution in [0.1, 0.15) is 38.7 Å². The van der Waals surface area contributed by atoms with E-state index in [4.69, 9.17) is 4.42 Å². The van der Waals surface area contributed by atoms with E-state index in [2.05, 4.69) is 43.1 Å². The summed E-state index contributed by atoms with van der Waals surface area (Å²) in [5.41, 5.74) is 0. The molecule has 0 atom stereocenters. The van der Waals surface area contributed by atoms with Crippen LogP contribution in [0.4, 0.5) is 0 Å². The van der Waals surface area contributed by atoms with Gasteiger partial charge in [-0.2, -0.15) is 0 Å². The Morgan fingerprint density at radius 3 is 2.47 bits per heavy atom. The third-order valence-corrected chi connectivity index (χ3v) is 2.96. The maximum Gasteiger partial charge on any atom is 0.117 e. The molecule has 0 aliphatic carbocycles. The summed E-state index contributed by atoms with van der Waals surface area (Å²) in [7, 11) is 0. The quantitative estimate of drug-likeness (QED) is 0.670. The van der Waals surface area contributed by atoms with E-state index < -0.39 is 0 Å². The summed E-state index contributed by atoms with van der Waals surface area (Å²) < 4.78 is 5.64. The van der Waals surface area contributed by atoms with Gasteiger partial charge in [0.05, 0.1) is 6.54 Å². The largest absolute Gasteiger partial charge is 0.465 e. The van der Waals surface area contributed by atoms with Crippen molar-refractivity contribution in [1.82, 2.24) is 10.2 Å². The molecule has 3 nitrogen and oxygen atoms in total. The van der Waals surface area contributed by atoms with Crippen LogP contribution in [0.3, 0.4) is 0 Å². The maximum atomic E-state index is 5.64. The van der Waals surface area contributed by atoms with Gasteiger partial charge >= 0.3 is 0 Å². The van der Waals surface area contributed by atoms with Crippen molar-refractivity contribution >= 4 is 0 Å². The van der Waals surface area contributed by atoms with Gasteiger partial charge in [0.1, 0.15) is 11.5 Å². The molecule has 98 valence electrons. The first kappa shape index (κ1) is 14.3. The fourth-order valence-electron chi connectivity index (χ4n) is 1.90. The van der Waals surface area contributed by atoms with E-state index in [-0.39, 0.29) is 0 Å². The lowest BCUT2D eigenvalue weighted by Gasteiger charge is -2.19. The van der Waals surface area contributed by atoms with Crippen molar-refractivity contribution in [2.24, 2.45) is 0 Å². The zero-order valence-corrected chi connectivity index (χ0v) is 11.5. The summed E-state index contributed by atoms with van der Waals surface area (Å²) in [6.07, 6.45) is 2.20. The van der Waals surface area contributed by atoms with E-state index >= 15 is 0 Å². The van der Waals surface area contributed by atoms with Gasteiger partial charge in [-0.1, -0.05) is 20.8 Å². The molecular formula is C14H26N2O. The summed E-state index contributed by atoms with van der Waals surface area (Å²) in [6, 6.07) is 4.13. The van der Waals surface area contributed by atoms with Crippen LogP contribution in [0.25, 0.3) is 0 Å². The fourth-order valence-corrected chi connectivity index (χ4v) is 1.90. The van der Waals surface area contributed by atoms with Gasteiger partial charge < -0.3 is 14.6 Å². The van der Waals surface area contributed by atoms with Crippen LogP contribution >= 0.6 is 0 Å². The Bertz CT molecular complexity index is 296. The minimum absolute atomic E-state index is 0.837. The first-order valence-corrected chi connectivity index (χ1v) is 6.80. The second-order valence-corrected chi connectivity index (χ2v) is 4.33. The molecule has 17 heavy (non-hydrogen) atoms. The molecule has 0 saturated heterocycles. The van der Waals surface area contributed by atoms with Crippen molar-refractivity contribution in [3.8, 4) is 0 Å². The van der Waals surface area contributed by atoms with Gasteiger partial charge in [-0.05, 0) is 31.6 Å². The number of nitrogens with zero attached hydrogens (tertiary/aromatic N) is 1. The van der Waals surface area contributed by atoms with Crippen molar-refractivity contribution in [1.29, 1.82) is 0 Å². The van der Waals surface area contributed by atoms with Gasteiger partial charge in [-0.3, -0.25) is 0 Å². The molecule has 0 amide bonds. The van der Waals surface area contributed by atoms with Crippen molar-refractivity contribution in [3.05, 3.63) is 23.7 Å². The maximum absolute atomic E-state index is 5.64. The van der Waals surface area contributed by atoms with E-state index in [0.717, 1.165) is 44.1 Å². The second kappa shape index (κ2) is 8.31. The van der Waals surface area contributed by atoms with Crippen molar-refractivity contribution in [2.45, 2.75) is 40.2 Å². The molecule has 0 aromatic carbocycles. The number of likely N-dealkylation sites (N-methyl/N-ethyl adjacent to an activating group) is 1. The predicted octanol–water partition coefficient (Wildman–Crippen LogP) is 2.66. The van der Waals surface area contributed by atoms with Gasteiger partial charge in [0.15, 0.2) is 0 Å². The molecule has 0 fully saturated rings. The van der Waals surface area contributed by atoms with Gasteiger partial charge in [0.2, 0.25) is 0 Å². The van der Waals surface area contributed by atoms with Gasteiger partial charge in [0.25, 0.3) is 0 Å². The summed E-state index contributed by atoms with van der Waals surface area (Å²) in [5.74, 6) is 2.11. The van der Waals surface area contributed by atoms with Crippen molar-refractivity contribution in [3.63, 3.8) is 0 Å². The lowest BCUT2D eigenvalue weighted by Crippen LogP contribution is -2.32. The standard InChI is InChI=1S/C14H26N2O/c1-4-10-16(6-3)11-9-15-12-14-8-7-13(5-2)17-14/h7-8,15H,4-6,9-12H2,1-3H3. The van der Waals surface area contributed by atoms with Crippen LogP contribution in [0.5, 0.6) is 0 Å². The summed E-state index contributed by atoms with van der Waals surface area (Å²) >= 11 is 0. The highest BCUT2D eigenvalue weighted by Crippen LogP contribution is 2.07. The smallest absolute Gasteiger partial charge is 0.117 e. The molecule has 1 heterocycles. The van der Waals surface area contributed by atoms with Crippen LogP contribution in [-0.2, 0) is 13.0 Å². The molecule has 1 N–H and O–H groups in total. The summed E-state index contributed by atoms with van der Waals surface area (Å²) in [5, 5.41) is 3.43. The van der Waals surface area contributed by atoms with Crippen LogP contribution in [0, 0.1) is 0 Å². The molecule has 1 aromatic heterocycles. The molecule has 0 unspecified atom stereocenters. The molecule has 0 aliphatic rings. The van der Waals surface area contributed by atoms with E-state index in [1.807, 2.05) is 0 Å². The highest BCUT2D eigenvalue weighted by molar-refractivity contribution is 5.06. The molecule has 0 spiro atoms. The number of rotatable bonds is 9. The normalized spacial score (nSPS) is 11.3. The first-order valence-electron chi connectivity index (χ1n) is 6.80. The van der Waals surface area contributed by atoms with E-state index in [1.54, 1.807) is 0 Å². The average Bonchev–Trinajstić information content (AvgIpc) is 2.81. The molecule has 0 aliphatic heterocycles. The lowest BCUT2D eigenvalue weighted by molar-refractivity contribution is 0.286. The van der Waals surface area contributed by atoms with Gasteiger partial charge in [-0.25, -0.2) is 0 Å². The van der Waals surface area contributed by atoms with Crippen molar-refractivity contribution < 1.29 is 4.42 Å². The minimum atomic E-state index is 0.837.